The van der Waals surface area contributed by atoms with E-state index in [9.17, 15) is 0 Å². The van der Waals surface area contributed by atoms with E-state index in [4.69, 9.17) is 4.42 Å². The molecule has 24 heavy (non-hydrogen) atoms. The van der Waals surface area contributed by atoms with E-state index in [1.165, 1.54) is 0 Å². The zero-order valence-electron chi connectivity index (χ0n) is 14.2. The van der Waals surface area contributed by atoms with Gasteiger partial charge in [-0.1, -0.05) is 18.2 Å². The number of benzene rings is 2. The molecular weight excluding hydrogens is 298 g/mol. The molecule has 0 unspecified atom stereocenters. The van der Waals surface area contributed by atoms with Crippen LogP contribution in [0.3, 0.4) is 0 Å². The lowest BCUT2D eigenvalue weighted by Crippen LogP contribution is -2.07. The molecule has 1 heterocycles. The molecule has 3 rings (SSSR count). The maximum Gasteiger partial charge on any atom is 0.200 e. The van der Waals surface area contributed by atoms with Gasteiger partial charge in [0.15, 0.2) is 5.88 Å². The summed E-state index contributed by atoms with van der Waals surface area (Å²) in [5.41, 5.74) is 3.13. The largest absolute Gasteiger partial charge is 0.439 e. The topological polar surface area (TPSA) is 32.0 Å². The molecule has 0 bridgehead atoms. The maximum absolute atomic E-state index is 5.85. The van der Waals surface area contributed by atoms with Gasteiger partial charge in [0.05, 0.1) is 11.9 Å². The molecule has 0 radical (unpaired) electrons. The Morgan fingerprint density at radius 3 is 2.17 bits per heavy atom. The SMILES string of the molecule is CN(C)c1ccc(N=Cc2ccc(N(C)c3ccccc3)o2)cc1. The number of hydrogen-bond acceptors (Lipinski definition) is 4. The van der Waals surface area contributed by atoms with Gasteiger partial charge in [-0.25, -0.2) is 0 Å². The van der Waals surface area contributed by atoms with Crippen molar-refractivity contribution < 1.29 is 4.42 Å². The molecular formula is C20H21N3O. The minimum absolute atomic E-state index is 0.726. The zero-order valence-corrected chi connectivity index (χ0v) is 14.2. The van der Waals surface area contributed by atoms with E-state index in [2.05, 4.69) is 9.89 Å². The van der Waals surface area contributed by atoms with Gasteiger partial charge in [-0.15, -0.1) is 0 Å². The maximum atomic E-state index is 5.85. The highest BCUT2D eigenvalue weighted by Gasteiger charge is 2.07. The van der Waals surface area contributed by atoms with Gasteiger partial charge in [-0.05, 0) is 42.5 Å². The Kier molecular flexibility index (Phi) is 4.66. The van der Waals surface area contributed by atoms with Crippen LogP contribution in [-0.4, -0.2) is 27.4 Å². The molecule has 4 nitrogen and oxygen atoms in total. The third kappa shape index (κ3) is 3.66. The predicted octanol–water partition coefficient (Wildman–Crippen LogP) is 4.86. The monoisotopic (exact) mass is 319 g/mol. The predicted molar refractivity (Wildman–Crippen MR) is 101 cm³/mol. The molecule has 3 aromatic rings. The van der Waals surface area contributed by atoms with Crippen LogP contribution in [0, 0.1) is 0 Å². The van der Waals surface area contributed by atoms with Gasteiger partial charge in [-0.3, -0.25) is 4.99 Å². The van der Waals surface area contributed by atoms with E-state index in [1.54, 1.807) is 6.21 Å². The summed E-state index contributed by atoms with van der Waals surface area (Å²) in [7, 11) is 6.02. The quantitative estimate of drug-likeness (QED) is 0.629. The number of hydrogen-bond donors (Lipinski definition) is 0. The molecule has 0 saturated carbocycles. The number of rotatable bonds is 5. The van der Waals surface area contributed by atoms with Crippen LogP contribution >= 0.6 is 0 Å². The zero-order chi connectivity index (χ0) is 16.9. The molecule has 0 N–H and O–H groups in total. The van der Waals surface area contributed by atoms with E-state index < -0.39 is 0 Å². The highest BCUT2D eigenvalue weighted by molar-refractivity contribution is 5.79. The summed E-state index contributed by atoms with van der Waals surface area (Å²) in [6.07, 6.45) is 1.74. The lowest BCUT2D eigenvalue weighted by molar-refractivity contribution is 0.563. The first-order chi connectivity index (χ1) is 11.6. The number of para-hydroxylation sites is 1. The second-order valence-electron chi connectivity index (χ2n) is 5.74. The lowest BCUT2D eigenvalue weighted by atomic mass is 10.3. The summed E-state index contributed by atoms with van der Waals surface area (Å²) >= 11 is 0. The smallest absolute Gasteiger partial charge is 0.200 e. The van der Waals surface area contributed by atoms with Crippen molar-refractivity contribution in [2.75, 3.05) is 30.9 Å². The Balaban J connectivity index is 1.71. The Morgan fingerprint density at radius 1 is 0.792 bits per heavy atom. The minimum Gasteiger partial charge on any atom is -0.439 e. The third-order valence-corrected chi connectivity index (χ3v) is 3.79. The highest BCUT2D eigenvalue weighted by Crippen LogP contribution is 2.25. The summed E-state index contributed by atoms with van der Waals surface area (Å²) in [4.78, 5) is 8.53. The average Bonchev–Trinajstić information content (AvgIpc) is 3.09. The Bertz CT molecular complexity index is 804. The van der Waals surface area contributed by atoms with E-state index >= 15 is 0 Å². The van der Waals surface area contributed by atoms with E-state index in [0.29, 0.717) is 0 Å². The van der Waals surface area contributed by atoms with Gasteiger partial charge in [0.25, 0.3) is 0 Å². The van der Waals surface area contributed by atoms with Crippen molar-refractivity contribution in [3.63, 3.8) is 0 Å². The molecule has 0 aliphatic heterocycles. The first kappa shape index (κ1) is 15.9. The number of anilines is 3. The molecule has 0 aliphatic carbocycles. The van der Waals surface area contributed by atoms with Crippen LogP contribution in [0.1, 0.15) is 5.76 Å². The summed E-state index contributed by atoms with van der Waals surface area (Å²) in [5, 5.41) is 0. The fourth-order valence-corrected chi connectivity index (χ4v) is 2.35. The average molecular weight is 319 g/mol. The van der Waals surface area contributed by atoms with Crippen LogP contribution in [0.25, 0.3) is 0 Å². The molecule has 0 amide bonds. The lowest BCUT2D eigenvalue weighted by Gasteiger charge is -2.15. The van der Waals surface area contributed by atoms with Crippen molar-refractivity contribution in [2.24, 2.45) is 4.99 Å². The number of aliphatic imine (C=N–C) groups is 1. The van der Waals surface area contributed by atoms with Crippen molar-refractivity contribution in [1.82, 2.24) is 0 Å². The molecule has 0 fully saturated rings. The fraction of sp³-hybridized carbons (Fsp3) is 0.150. The normalized spacial score (nSPS) is 11.0. The van der Waals surface area contributed by atoms with Crippen LogP contribution in [-0.2, 0) is 0 Å². The van der Waals surface area contributed by atoms with E-state index in [-0.39, 0.29) is 0 Å². The highest BCUT2D eigenvalue weighted by atomic mass is 16.4. The molecule has 0 atom stereocenters. The number of nitrogens with zero attached hydrogens (tertiary/aromatic N) is 3. The summed E-state index contributed by atoms with van der Waals surface area (Å²) in [6, 6.07) is 22.0. The molecule has 4 heteroatoms. The van der Waals surface area contributed by atoms with Gasteiger partial charge in [-0.2, -0.15) is 0 Å². The second-order valence-corrected chi connectivity index (χ2v) is 5.74. The third-order valence-electron chi connectivity index (χ3n) is 3.79. The molecule has 2 aromatic carbocycles. The van der Waals surface area contributed by atoms with Crippen molar-refractivity contribution in [2.45, 2.75) is 0 Å². The molecule has 122 valence electrons. The fourth-order valence-electron chi connectivity index (χ4n) is 2.35. The summed E-state index contributed by atoms with van der Waals surface area (Å²) < 4.78 is 5.85. The van der Waals surface area contributed by atoms with Crippen LogP contribution in [0.4, 0.5) is 22.9 Å². The molecule has 0 spiro atoms. The van der Waals surface area contributed by atoms with Crippen LogP contribution in [0.5, 0.6) is 0 Å². The van der Waals surface area contributed by atoms with E-state index in [1.807, 2.05) is 92.8 Å². The first-order valence-electron chi connectivity index (χ1n) is 7.83. The summed E-state index contributed by atoms with van der Waals surface area (Å²) in [6.45, 7) is 0. The van der Waals surface area contributed by atoms with E-state index in [0.717, 1.165) is 28.7 Å². The van der Waals surface area contributed by atoms with Crippen molar-refractivity contribution in [3.8, 4) is 0 Å². The van der Waals surface area contributed by atoms with Crippen molar-refractivity contribution in [3.05, 3.63) is 72.5 Å². The van der Waals surface area contributed by atoms with Crippen molar-refractivity contribution in [1.29, 1.82) is 0 Å². The standard InChI is InChI=1S/C20H21N3O/c1-22(2)17-11-9-16(10-12-17)21-15-19-13-14-20(24-19)23(3)18-7-5-4-6-8-18/h4-15H,1-3H3. The number of furan rings is 1. The van der Waals surface area contributed by atoms with Crippen LogP contribution < -0.4 is 9.80 Å². The minimum atomic E-state index is 0.726. The molecule has 0 aliphatic rings. The van der Waals surface area contributed by atoms with Crippen molar-refractivity contribution >= 4 is 29.2 Å². The first-order valence-corrected chi connectivity index (χ1v) is 7.83. The van der Waals surface area contributed by atoms with Crippen LogP contribution in [0.15, 0.2) is 76.1 Å². The van der Waals surface area contributed by atoms with Gasteiger partial charge in [0.2, 0.25) is 0 Å². The Hall–Kier alpha value is -3.01. The van der Waals surface area contributed by atoms with Gasteiger partial charge in [0.1, 0.15) is 5.76 Å². The second kappa shape index (κ2) is 7.04. The molecule has 1 aromatic heterocycles. The van der Waals surface area contributed by atoms with Gasteiger partial charge < -0.3 is 14.2 Å². The Morgan fingerprint density at radius 2 is 1.50 bits per heavy atom. The van der Waals surface area contributed by atoms with Crippen LogP contribution in [0.2, 0.25) is 0 Å². The van der Waals surface area contributed by atoms with Gasteiger partial charge in [0, 0.05) is 38.6 Å². The molecule has 0 saturated heterocycles. The summed E-state index contributed by atoms with van der Waals surface area (Å²) in [5.74, 6) is 1.51. The Labute approximate surface area is 142 Å². The van der Waals surface area contributed by atoms with Gasteiger partial charge >= 0.3 is 0 Å².